The zero-order valence-corrected chi connectivity index (χ0v) is 13.8. The van der Waals surface area contributed by atoms with Gasteiger partial charge in [-0.05, 0) is 35.6 Å². The molecule has 2 heterocycles. The van der Waals surface area contributed by atoms with E-state index in [0.29, 0.717) is 13.0 Å². The van der Waals surface area contributed by atoms with Gasteiger partial charge in [-0.2, -0.15) is 0 Å². The van der Waals surface area contributed by atoms with Crippen LogP contribution in [-0.4, -0.2) is 30.4 Å². The molecule has 0 bridgehead atoms. The minimum absolute atomic E-state index is 0.0229. The zero-order chi connectivity index (χ0) is 16.6. The van der Waals surface area contributed by atoms with Crippen molar-refractivity contribution in [3.05, 3.63) is 56.5 Å². The molecule has 23 heavy (non-hydrogen) atoms. The van der Waals surface area contributed by atoms with Gasteiger partial charge >= 0.3 is 5.97 Å². The molecular weight excluding hydrogens is 341 g/mol. The van der Waals surface area contributed by atoms with Gasteiger partial charge in [0.15, 0.2) is 6.04 Å². The third-order valence-corrected chi connectivity index (χ3v) is 5.14. The van der Waals surface area contributed by atoms with E-state index in [1.807, 2.05) is 5.38 Å². The van der Waals surface area contributed by atoms with Crippen LogP contribution in [0.5, 0.6) is 0 Å². The topological polar surface area (TPSA) is 46.6 Å². The number of thiophene rings is 1. The van der Waals surface area contributed by atoms with Crippen molar-refractivity contribution in [2.24, 2.45) is 0 Å². The van der Waals surface area contributed by atoms with Gasteiger partial charge in [-0.1, -0.05) is 17.7 Å². The number of hydrogen-bond donors (Lipinski definition) is 0. The van der Waals surface area contributed by atoms with E-state index in [1.165, 1.54) is 41.5 Å². The first-order valence-corrected chi connectivity index (χ1v) is 8.19. The lowest BCUT2D eigenvalue weighted by atomic mass is 9.98. The van der Waals surface area contributed by atoms with Crippen LogP contribution in [0.25, 0.3) is 0 Å². The molecule has 0 saturated carbocycles. The summed E-state index contributed by atoms with van der Waals surface area (Å²) in [6.07, 6.45) is 0.609. The third-order valence-electron chi connectivity index (χ3n) is 3.83. The molecule has 0 saturated heterocycles. The number of amides is 1. The molecule has 1 amide bonds. The number of benzene rings is 1. The van der Waals surface area contributed by atoms with E-state index in [0.717, 1.165) is 10.4 Å². The van der Waals surface area contributed by atoms with Crippen molar-refractivity contribution in [1.29, 1.82) is 0 Å². The van der Waals surface area contributed by atoms with Crippen molar-refractivity contribution in [3.8, 4) is 0 Å². The van der Waals surface area contributed by atoms with E-state index in [9.17, 15) is 14.0 Å². The van der Waals surface area contributed by atoms with Crippen LogP contribution in [0, 0.1) is 5.82 Å². The van der Waals surface area contributed by atoms with Crippen LogP contribution >= 0.6 is 22.9 Å². The monoisotopic (exact) mass is 353 g/mol. The van der Waals surface area contributed by atoms with Crippen molar-refractivity contribution in [2.45, 2.75) is 12.5 Å². The summed E-state index contributed by atoms with van der Waals surface area (Å²) in [5, 5.41) is 1.89. The summed E-state index contributed by atoms with van der Waals surface area (Å²) in [6.45, 7) is 0.302. The molecule has 7 heteroatoms. The molecule has 1 aromatic heterocycles. The van der Waals surface area contributed by atoms with Gasteiger partial charge in [0.1, 0.15) is 5.82 Å². The number of fused-ring (bicyclic) bond motifs is 1. The molecule has 120 valence electrons. The number of nitrogens with zero attached hydrogens (tertiary/aromatic N) is 1. The predicted molar refractivity (Wildman–Crippen MR) is 85.2 cm³/mol. The van der Waals surface area contributed by atoms with E-state index in [-0.39, 0.29) is 10.6 Å². The van der Waals surface area contributed by atoms with Crippen LogP contribution in [0.1, 0.15) is 26.8 Å². The maximum Gasteiger partial charge on any atom is 0.333 e. The number of carbonyl (C=O) groups is 2. The molecule has 1 unspecified atom stereocenters. The highest BCUT2D eigenvalue weighted by Crippen LogP contribution is 2.36. The molecule has 1 aliphatic heterocycles. The first-order chi connectivity index (χ1) is 11.0. The van der Waals surface area contributed by atoms with Gasteiger partial charge in [0.25, 0.3) is 5.91 Å². The predicted octanol–water partition coefficient (Wildman–Crippen LogP) is 3.45. The van der Waals surface area contributed by atoms with E-state index in [4.69, 9.17) is 16.3 Å². The van der Waals surface area contributed by atoms with Crippen LogP contribution in [0.15, 0.2) is 29.6 Å². The highest BCUT2D eigenvalue weighted by Gasteiger charge is 2.38. The molecule has 0 fully saturated rings. The van der Waals surface area contributed by atoms with Gasteiger partial charge in [0, 0.05) is 11.4 Å². The van der Waals surface area contributed by atoms with Gasteiger partial charge in [-0.25, -0.2) is 9.18 Å². The average Bonchev–Trinajstić information content (AvgIpc) is 3.01. The first-order valence-electron chi connectivity index (χ1n) is 6.93. The highest BCUT2D eigenvalue weighted by atomic mass is 35.5. The molecular formula is C16H13ClFNO3S. The van der Waals surface area contributed by atoms with Crippen molar-refractivity contribution < 1.29 is 18.7 Å². The van der Waals surface area contributed by atoms with E-state index < -0.39 is 23.7 Å². The minimum atomic E-state index is -0.877. The Morgan fingerprint density at radius 2 is 2.17 bits per heavy atom. The third kappa shape index (κ3) is 2.72. The lowest BCUT2D eigenvalue weighted by molar-refractivity contribution is -0.146. The maximum atomic E-state index is 14.1. The number of rotatable bonds is 2. The molecule has 1 aliphatic rings. The Hall–Kier alpha value is -1.92. The summed E-state index contributed by atoms with van der Waals surface area (Å²) >= 11 is 7.51. The molecule has 0 radical (unpaired) electrons. The smallest absolute Gasteiger partial charge is 0.333 e. The largest absolute Gasteiger partial charge is 0.467 e. The second kappa shape index (κ2) is 6.29. The van der Waals surface area contributed by atoms with Crippen LogP contribution in [0.3, 0.4) is 0 Å². The number of ether oxygens (including phenoxy) is 1. The van der Waals surface area contributed by atoms with Gasteiger partial charge in [-0.3, -0.25) is 4.79 Å². The Morgan fingerprint density at radius 3 is 2.87 bits per heavy atom. The molecule has 2 aromatic rings. The second-order valence-electron chi connectivity index (χ2n) is 5.07. The summed E-state index contributed by atoms with van der Waals surface area (Å²) in [7, 11) is 1.27. The fraction of sp³-hybridized carbons (Fsp3) is 0.250. The standard InChI is InChI=1S/C16H13ClFNO3S/c1-22-16(21)14-9-6-8-23-12(9)5-7-19(14)15(20)13-10(17)3-2-4-11(13)18/h2-4,6,8,14H,5,7H2,1H3. The molecule has 4 nitrogen and oxygen atoms in total. The van der Waals surface area contributed by atoms with Crippen molar-refractivity contribution in [2.75, 3.05) is 13.7 Å². The van der Waals surface area contributed by atoms with Gasteiger partial charge in [-0.15, -0.1) is 11.3 Å². The quantitative estimate of drug-likeness (QED) is 0.777. The van der Waals surface area contributed by atoms with Crippen LogP contribution in [0.4, 0.5) is 4.39 Å². The highest BCUT2D eigenvalue weighted by molar-refractivity contribution is 7.10. The zero-order valence-electron chi connectivity index (χ0n) is 12.2. The molecule has 0 aliphatic carbocycles. The summed E-state index contributed by atoms with van der Waals surface area (Å²) in [5.74, 6) is -1.87. The molecule has 1 aromatic carbocycles. The lowest BCUT2D eigenvalue weighted by Gasteiger charge is -2.34. The summed E-state index contributed by atoms with van der Waals surface area (Å²) in [6, 6.07) is 4.97. The first kappa shape index (κ1) is 16.0. The SMILES string of the molecule is COC(=O)C1c2ccsc2CCN1C(=O)c1c(F)cccc1Cl. The Morgan fingerprint density at radius 1 is 1.39 bits per heavy atom. The van der Waals surface area contributed by atoms with E-state index >= 15 is 0 Å². The molecule has 0 N–H and O–H groups in total. The average molecular weight is 354 g/mol. The molecule has 0 spiro atoms. The van der Waals surface area contributed by atoms with Crippen LogP contribution in [0.2, 0.25) is 5.02 Å². The van der Waals surface area contributed by atoms with Gasteiger partial charge < -0.3 is 9.64 Å². The van der Waals surface area contributed by atoms with Gasteiger partial charge in [0.05, 0.1) is 17.7 Å². The van der Waals surface area contributed by atoms with Crippen LogP contribution in [-0.2, 0) is 16.0 Å². The van der Waals surface area contributed by atoms with Gasteiger partial charge in [0.2, 0.25) is 0 Å². The normalized spacial score (nSPS) is 16.8. The van der Waals surface area contributed by atoms with Crippen molar-refractivity contribution >= 4 is 34.8 Å². The number of methoxy groups -OCH3 is 1. The lowest BCUT2D eigenvalue weighted by Crippen LogP contribution is -2.43. The number of carbonyl (C=O) groups excluding carboxylic acids is 2. The van der Waals surface area contributed by atoms with E-state index in [1.54, 1.807) is 6.07 Å². The number of hydrogen-bond acceptors (Lipinski definition) is 4. The Bertz CT molecular complexity index is 756. The van der Waals surface area contributed by atoms with Crippen molar-refractivity contribution in [1.82, 2.24) is 4.90 Å². The maximum absolute atomic E-state index is 14.1. The minimum Gasteiger partial charge on any atom is -0.467 e. The Kier molecular flexibility index (Phi) is 4.37. The molecule has 1 atom stereocenters. The Balaban J connectivity index is 2.04. The fourth-order valence-corrected chi connectivity index (χ4v) is 3.89. The fourth-order valence-electron chi connectivity index (χ4n) is 2.75. The summed E-state index contributed by atoms with van der Waals surface area (Å²) in [5.41, 5.74) is 0.510. The van der Waals surface area contributed by atoms with E-state index in [2.05, 4.69) is 0 Å². The molecule has 3 rings (SSSR count). The number of esters is 1. The number of halogens is 2. The van der Waals surface area contributed by atoms with Crippen molar-refractivity contribution in [3.63, 3.8) is 0 Å². The second-order valence-corrected chi connectivity index (χ2v) is 6.48. The summed E-state index contributed by atoms with van der Waals surface area (Å²) in [4.78, 5) is 27.4. The van der Waals surface area contributed by atoms with Crippen LogP contribution < -0.4 is 0 Å². The Labute approximate surface area is 141 Å². The summed E-state index contributed by atoms with van der Waals surface area (Å²) < 4.78 is 18.9.